The van der Waals surface area contributed by atoms with Gasteiger partial charge in [-0.05, 0) is 70.8 Å². The van der Waals surface area contributed by atoms with Crippen molar-refractivity contribution in [2.75, 3.05) is 6.61 Å². The minimum atomic E-state index is -0.266. The largest absolute Gasteiger partial charge is 0.490 e. The Morgan fingerprint density at radius 2 is 1.70 bits per heavy atom. The SMILES string of the molecule is CCOc1cc(/C=N/N2C(=O)C3C4C=CC(CC4)C3C2=O)cc(Br)c1OCc1ccccc1. The van der Waals surface area contributed by atoms with Crippen LogP contribution in [0.2, 0.25) is 0 Å². The van der Waals surface area contributed by atoms with Gasteiger partial charge in [0.2, 0.25) is 0 Å². The molecule has 1 saturated heterocycles. The van der Waals surface area contributed by atoms with Crippen molar-refractivity contribution < 1.29 is 19.1 Å². The van der Waals surface area contributed by atoms with E-state index in [9.17, 15) is 9.59 Å². The number of carbonyl (C=O) groups excluding carboxylic acids is 2. The molecule has 6 nitrogen and oxygen atoms in total. The van der Waals surface area contributed by atoms with E-state index in [0.29, 0.717) is 34.7 Å². The van der Waals surface area contributed by atoms with Gasteiger partial charge in [-0.25, -0.2) is 0 Å². The van der Waals surface area contributed by atoms with Crippen molar-refractivity contribution in [3.63, 3.8) is 0 Å². The van der Waals surface area contributed by atoms with Crippen LogP contribution in [0.15, 0.2) is 64.2 Å². The van der Waals surface area contributed by atoms with Gasteiger partial charge < -0.3 is 9.47 Å². The lowest BCUT2D eigenvalue weighted by molar-refractivity contribution is -0.140. The Bertz CT molecular complexity index is 1100. The molecule has 1 aliphatic heterocycles. The van der Waals surface area contributed by atoms with Gasteiger partial charge in [0.05, 0.1) is 29.1 Å². The summed E-state index contributed by atoms with van der Waals surface area (Å²) in [4.78, 5) is 26.0. The van der Waals surface area contributed by atoms with Gasteiger partial charge in [0.25, 0.3) is 11.8 Å². The molecule has 2 bridgehead atoms. The number of allylic oxidation sites excluding steroid dienone is 2. The van der Waals surface area contributed by atoms with Crippen LogP contribution >= 0.6 is 15.9 Å². The van der Waals surface area contributed by atoms with Crippen molar-refractivity contribution in [1.29, 1.82) is 0 Å². The number of halogens is 1. The first-order valence-corrected chi connectivity index (χ1v) is 12.1. The molecule has 4 aliphatic rings. The molecular formula is C26H25BrN2O4. The normalized spacial score (nSPS) is 25.7. The molecule has 2 amide bonds. The van der Waals surface area contributed by atoms with Gasteiger partial charge in [0.15, 0.2) is 11.5 Å². The third-order valence-electron chi connectivity index (χ3n) is 6.62. The molecule has 2 fully saturated rings. The van der Waals surface area contributed by atoms with Crippen molar-refractivity contribution in [2.24, 2.45) is 28.8 Å². The zero-order valence-electron chi connectivity index (χ0n) is 18.3. The van der Waals surface area contributed by atoms with E-state index in [1.165, 1.54) is 6.21 Å². The van der Waals surface area contributed by atoms with Crippen molar-refractivity contribution in [2.45, 2.75) is 26.4 Å². The van der Waals surface area contributed by atoms with Crippen LogP contribution in [-0.4, -0.2) is 29.6 Å². The van der Waals surface area contributed by atoms with E-state index in [1.807, 2.05) is 43.3 Å². The Morgan fingerprint density at radius 3 is 2.30 bits per heavy atom. The van der Waals surface area contributed by atoms with Gasteiger partial charge in [-0.15, -0.1) is 0 Å². The molecule has 170 valence electrons. The number of hydrogen-bond donors (Lipinski definition) is 0. The number of rotatable bonds is 7. The summed E-state index contributed by atoms with van der Waals surface area (Å²) in [5, 5.41) is 5.38. The quantitative estimate of drug-likeness (QED) is 0.301. The topological polar surface area (TPSA) is 68.2 Å². The zero-order valence-corrected chi connectivity index (χ0v) is 19.9. The minimum absolute atomic E-state index is 0.149. The van der Waals surface area contributed by atoms with E-state index in [-0.39, 0.29) is 35.5 Å². The number of hydrogen-bond acceptors (Lipinski definition) is 5. The summed E-state index contributed by atoms with van der Waals surface area (Å²) in [5.41, 5.74) is 1.75. The lowest BCUT2D eigenvalue weighted by atomic mass is 9.63. The molecule has 1 saturated carbocycles. The molecule has 2 aromatic carbocycles. The molecule has 1 heterocycles. The fourth-order valence-electron chi connectivity index (χ4n) is 5.09. The monoisotopic (exact) mass is 508 g/mol. The zero-order chi connectivity index (χ0) is 22.9. The van der Waals surface area contributed by atoms with Crippen molar-refractivity contribution in [3.8, 4) is 11.5 Å². The minimum Gasteiger partial charge on any atom is -0.490 e. The van der Waals surface area contributed by atoms with Gasteiger partial charge in [-0.2, -0.15) is 10.1 Å². The number of carbonyl (C=O) groups is 2. The smallest absolute Gasteiger partial charge is 0.254 e. The lowest BCUT2D eigenvalue weighted by Gasteiger charge is -2.37. The predicted octanol–water partition coefficient (Wildman–Crippen LogP) is 4.96. The van der Waals surface area contributed by atoms with Crippen LogP contribution in [0, 0.1) is 23.7 Å². The Kier molecular flexibility index (Phi) is 6.06. The molecule has 0 radical (unpaired) electrons. The fraction of sp³-hybridized carbons (Fsp3) is 0.346. The van der Waals surface area contributed by atoms with Gasteiger partial charge in [-0.3, -0.25) is 9.59 Å². The molecule has 4 unspecified atom stereocenters. The maximum absolute atomic E-state index is 13.0. The highest BCUT2D eigenvalue weighted by Crippen LogP contribution is 2.49. The predicted molar refractivity (Wildman–Crippen MR) is 128 cm³/mol. The first kappa shape index (κ1) is 21.9. The molecular weight excluding hydrogens is 484 g/mol. The van der Waals surface area contributed by atoms with Crippen LogP contribution in [0.5, 0.6) is 11.5 Å². The van der Waals surface area contributed by atoms with Crippen LogP contribution < -0.4 is 9.47 Å². The highest BCUT2D eigenvalue weighted by atomic mass is 79.9. The fourth-order valence-corrected chi connectivity index (χ4v) is 5.67. The second-order valence-electron chi connectivity index (χ2n) is 8.61. The average molecular weight is 509 g/mol. The van der Waals surface area contributed by atoms with Crippen LogP contribution in [0.25, 0.3) is 0 Å². The molecule has 4 atom stereocenters. The number of ether oxygens (including phenoxy) is 2. The number of nitrogens with zero attached hydrogens (tertiary/aromatic N) is 2. The number of amides is 2. The summed E-state index contributed by atoms with van der Waals surface area (Å²) in [5.74, 6) is 0.557. The summed E-state index contributed by atoms with van der Waals surface area (Å²) in [6.07, 6.45) is 7.68. The summed E-state index contributed by atoms with van der Waals surface area (Å²) < 4.78 is 12.5. The molecule has 0 N–H and O–H groups in total. The number of hydrazone groups is 1. The van der Waals surface area contributed by atoms with Gasteiger partial charge >= 0.3 is 0 Å². The maximum Gasteiger partial charge on any atom is 0.254 e. The lowest BCUT2D eigenvalue weighted by Crippen LogP contribution is -2.38. The van der Waals surface area contributed by atoms with E-state index >= 15 is 0 Å². The standard InChI is InChI=1S/C26H25BrN2O4/c1-2-32-21-13-17(12-20(27)24(21)33-15-16-6-4-3-5-7-16)14-28-29-25(30)22-18-8-9-19(11-10-18)23(22)26(29)31/h3-9,12-14,18-19,22-23H,2,10-11,15H2,1H3/b28-14+. The molecule has 0 spiro atoms. The number of benzene rings is 2. The Labute approximate surface area is 201 Å². The van der Waals surface area contributed by atoms with Crippen LogP contribution in [-0.2, 0) is 16.2 Å². The van der Waals surface area contributed by atoms with Gasteiger partial charge in [-0.1, -0.05) is 42.5 Å². The molecule has 0 aromatic heterocycles. The molecule has 2 aromatic rings. The summed E-state index contributed by atoms with van der Waals surface area (Å²) in [7, 11) is 0. The third-order valence-corrected chi connectivity index (χ3v) is 7.21. The van der Waals surface area contributed by atoms with Crippen molar-refractivity contribution in [3.05, 3.63) is 70.2 Å². The second-order valence-corrected chi connectivity index (χ2v) is 9.47. The summed E-state index contributed by atoms with van der Waals surface area (Å²) in [6, 6.07) is 13.5. The molecule has 7 heteroatoms. The highest BCUT2D eigenvalue weighted by Gasteiger charge is 2.56. The Morgan fingerprint density at radius 1 is 1.03 bits per heavy atom. The molecule has 6 rings (SSSR count). The summed E-state index contributed by atoms with van der Waals surface area (Å²) in [6.45, 7) is 2.78. The molecule has 3 aliphatic carbocycles. The Balaban J connectivity index is 1.36. The van der Waals surface area contributed by atoms with E-state index in [4.69, 9.17) is 9.47 Å². The first-order chi connectivity index (χ1) is 16.1. The maximum atomic E-state index is 13.0. The van der Waals surface area contributed by atoms with Crippen molar-refractivity contribution >= 4 is 34.0 Å². The molecule has 33 heavy (non-hydrogen) atoms. The van der Waals surface area contributed by atoms with Crippen LogP contribution in [0.4, 0.5) is 0 Å². The van der Waals surface area contributed by atoms with E-state index in [1.54, 1.807) is 6.07 Å². The van der Waals surface area contributed by atoms with Crippen molar-refractivity contribution in [1.82, 2.24) is 5.01 Å². The second kappa shape index (κ2) is 9.14. The number of imide groups is 1. The van der Waals surface area contributed by atoms with E-state index < -0.39 is 0 Å². The third kappa shape index (κ3) is 4.10. The summed E-state index contributed by atoms with van der Waals surface area (Å²) >= 11 is 3.57. The van der Waals surface area contributed by atoms with Gasteiger partial charge in [0, 0.05) is 0 Å². The van der Waals surface area contributed by atoms with E-state index in [2.05, 4.69) is 33.2 Å². The van der Waals surface area contributed by atoms with E-state index in [0.717, 1.165) is 23.4 Å². The van der Waals surface area contributed by atoms with Crippen LogP contribution in [0.3, 0.4) is 0 Å². The highest BCUT2D eigenvalue weighted by molar-refractivity contribution is 9.10. The van der Waals surface area contributed by atoms with Crippen LogP contribution in [0.1, 0.15) is 30.9 Å². The average Bonchev–Trinajstić information content (AvgIpc) is 3.10. The Hall–Kier alpha value is -2.93. The number of fused-ring (bicyclic) bond motifs is 1. The first-order valence-electron chi connectivity index (χ1n) is 11.3. The van der Waals surface area contributed by atoms with Gasteiger partial charge in [0.1, 0.15) is 6.61 Å².